The molecule has 6 nitrogen and oxygen atoms in total. The van der Waals surface area contributed by atoms with Gasteiger partial charge in [-0.15, -0.1) is 0 Å². The molecule has 2 aromatic rings. The molecule has 2 aliphatic rings. The number of aromatic nitrogens is 1. The van der Waals surface area contributed by atoms with Crippen molar-refractivity contribution in [2.75, 3.05) is 32.7 Å². The molecule has 6 heteroatoms. The van der Waals surface area contributed by atoms with E-state index in [4.69, 9.17) is 0 Å². The summed E-state index contributed by atoms with van der Waals surface area (Å²) in [5.74, 6) is 0.149. The molecule has 1 aliphatic carbocycles. The predicted molar refractivity (Wildman–Crippen MR) is 123 cm³/mol. The number of rotatable bonds is 5. The number of hydrogen-bond donors (Lipinski definition) is 1. The Morgan fingerprint density at radius 1 is 0.968 bits per heavy atom. The van der Waals surface area contributed by atoms with Crippen LogP contribution in [-0.4, -0.2) is 64.9 Å². The zero-order valence-corrected chi connectivity index (χ0v) is 18.8. The largest absolute Gasteiger partial charge is 0.335 e. The van der Waals surface area contributed by atoms with E-state index in [1.54, 1.807) is 0 Å². The number of carbonyl (C=O) groups is 2. The topological polar surface area (TPSA) is 57.6 Å². The molecular formula is C25H34N4O2. The van der Waals surface area contributed by atoms with Gasteiger partial charge in [0.2, 0.25) is 0 Å². The molecule has 0 unspecified atom stereocenters. The maximum Gasteiger partial charge on any atom is 0.317 e. The van der Waals surface area contributed by atoms with E-state index >= 15 is 0 Å². The smallest absolute Gasteiger partial charge is 0.317 e. The Morgan fingerprint density at radius 2 is 1.65 bits per heavy atom. The Balaban J connectivity index is 1.32. The number of Topliss-reactive ketones (excluding diaryl/α,β-unsaturated/α-hetero) is 1. The average Bonchev–Trinajstić information content (AvgIpc) is 3.09. The number of ketones is 1. The summed E-state index contributed by atoms with van der Waals surface area (Å²) in [7, 11) is 0. The van der Waals surface area contributed by atoms with Crippen molar-refractivity contribution in [2.45, 2.75) is 52.0 Å². The third kappa shape index (κ3) is 5.01. The standard InChI is InChI=1S/C25H34N4O2/c1-19-17-23(20(2)29(19)22-11-7-4-8-12-22)24(30)18-27-13-15-28(16-14-27)25(31)26-21-9-5-3-6-10-21/h4,7-8,11-12,17,21H,3,5-6,9-10,13-16,18H2,1-2H3,(H,26,31). The fourth-order valence-electron chi connectivity index (χ4n) is 4.93. The highest BCUT2D eigenvalue weighted by Crippen LogP contribution is 2.22. The third-order valence-corrected chi connectivity index (χ3v) is 6.71. The molecule has 0 spiro atoms. The first-order chi connectivity index (χ1) is 15.0. The number of carbonyl (C=O) groups excluding carboxylic acids is 2. The van der Waals surface area contributed by atoms with Crippen LogP contribution in [0.3, 0.4) is 0 Å². The Morgan fingerprint density at radius 3 is 2.32 bits per heavy atom. The second-order valence-electron chi connectivity index (χ2n) is 8.93. The summed E-state index contributed by atoms with van der Waals surface area (Å²) < 4.78 is 2.14. The summed E-state index contributed by atoms with van der Waals surface area (Å²) in [6, 6.07) is 12.5. The average molecular weight is 423 g/mol. The van der Waals surface area contributed by atoms with E-state index in [1.165, 1.54) is 19.3 Å². The zero-order chi connectivity index (χ0) is 21.8. The van der Waals surface area contributed by atoms with Gasteiger partial charge in [-0.25, -0.2) is 4.79 Å². The first-order valence-corrected chi connectivity index (χ1v) is 11.6. The molecule has 2 heterocycles. The maximum atomic E-state index is 13.1. The maximum absolute atomic E-state index is 13.1. The van der Waals surface area contributed by atoms with Gasteiger partial charge in [-0.1, -0.05) is 37.5 Å². The molecule has 2 amide bonds. The van der Waals surface area contributed by atoms with E-state index in [9.17, 15) is 9.59 Å². The fourth-order valence-corrected chi connectivity index (χ4v) is 4.93. The molecule has 166 valence electrons. The van der Waals surface area contributed by atoms with Crippen molar-refractivity contribution in [3.63, 3.8) is 0 Å². The molecule has 0 atom stereocenters. The molecule has 0 bridgehead atoms. The Hall–Kier alpha value is -2.60. The quantitative estimate of drug-likeness (QED) is 0.743. The molecule has 1 saturated carbocycles. The van der Waals surface area contributed by atoms with Crippen LogP contribution in [0.1, 0.15) is 53.8 Å². The normalized spacial score (nSPS) is 18.2. The van der Waals surface area contributed by atoms with E-state index in [2.05, 4.69) is 26.9 Å². The van der Waals surface area contributed by atoms with Gasteiger partial charge in [-0.05, 0) is 44.9 Å². The predicted octanol–water partition coefficient (Wildman–Crippen LogP) is 3.94. The molecule has 1 aromatic carbocycles. The van der Waals surface area contributed by atoms with Crippen LogP contribution in [0.15, 0.2) is 36.4 Å². The third-order valence-electron chi connectivity index (χ3n) is 6.71. The van der Waals surface area contributed by atoms with Crippen LogP contribution in [-0.2, 0) is 0 Å². The zero-order valence-electron chi connectivity index (χ0n) is 18.8. The number of hydrogen-bond acceptors (Lipinski definition) is 3. The number of amides is 2. The number of piperazine rings is 1. The minimum atomic E-state index is 0.0595. The number of nitrogens with one attached hydrogen (secondary N) is 1. The van der Waals surface area contributed by atoms with Crippen LogP contribution in [0.2, 0.25) is 0 Å². The van der Waals surface area contributed by atoms with E-state index in [0.717, 1.165) is 48.6 Å². The van der Waals surface area contributed by atoms with Crippen LogP contribution in [0, 0.1) is 13.8 Å². The van der Waals surface area contributed by atoms with E-state index in [1.807, 2.05) is 43.0 Å². The lowest BCUT2D eigenvalue weighted by Gasteiger charge is -2.35. The summed E-state index contributed by atoms with van der Waals surface area (Å²) in [5, 5.41) is 3.20. The van der Waals surface area contributed by atoms with Gasteiger partial charge in [-0.3, -0.25) is 9.69 Å². The summed E-state index contributed by atoms with van der Waals surface area (Å²) in [5.41, 5.74) is 3.92. The monoisotopic (exact) mass is 422 g/mol. The highest BCUT2D eigenvalue weighted by molar-refractivity contribution is 5.99. The van der Waals surface area contributed by atoms with Gasteiger partial charge < -0.3 is 14.8 Å². The minimum Gasteiger partial charge on any atom is -0.335 e. The van der Waals surface area contributed by atoms with Gasteiger partial charge in [0.05, 0.1) is 6.54 Å². The van der Waals surface area contributed by atoms with Crippen LogP contribution in [0.25, 0.3) is 5.69 Å². The van der Waals surface area contributed by atoms with Crippen molar-refractivity contribution < 1.29 is 9.59 Å². The summed E-state index contributed by atoms with van der Waals surface area (Å²) in [4.78, 5) is 29.7. The molecular weight excluding hydrogens is 388 g/mol. The molecule has 1 saturated heterocycles. The van der Waals surface area contributed by atoms with Gasteiger partial charge in [0.25, 0.3) is 0 Å². The van der Waals surface area contributed by atoms with Crippen LogP contribution < -0.4 is 5.32 Å². The molecule has 0 radical (unpaired) electrons. The fraction of sp³-hybridized carbons (Fsp3) is 0.520. The van der Waals surface area contributed by atoms with E-state index < -0.39 is 0 Å². The van der Waals surface area contributed by atoms with Gasteiger partial charge in [0.15, 0.2) is 5.78 Å². The SMILES string of the molecule is Cc1cc(C(=O)CN2CCN(C(=O)NC3CCCCC3)CC2)c(C)n1-c1ccccc1. The lowest BCUT2D eigenvalue weighted by Crippen LogP contribution is -2.54. The Bertz CT molecular complexity index is 907. The second-order valence-corrected chi connectivity index (χ2v) is 8.93. The molecule has 2 fully saturated rings. The number of aryl methyl sites for hydroxylation is 1. The van der Waals surface area contributed by atoms with Crippen LogP contribution in [0.4, 0.5) is 4.79 Å². The van der Waals surface area contributed by atoms with Crippen LogP contribution >= 0.6 is 0 Å². The van der Waals surface area contributed by atoms with E-state index in [0.29, 0.717) is 25.7 Å². The molecule has 4 rings (SSSR count). The van der Waals surface area contributed by atoms with Crippen molar-refractivity contribution in [3.8, 4) is 5.69 Å². The Kier molecular flexibility index (Phi) is 6.76. The van der Waals surface area contributed by atoms with Crippen molar-refractivity contribution in [1.82, 2.24) is 19.7 Å². The lowest BCUT2D eigenvalue weighted by molar-refractivity contribution is 0.0875. The number of para-hydroxylation sites is 1. The highest BCUT2D eigenvalue weighted by Gasteiger charge is 2.26. The molecule has 1 aromatic heterocycles. The van der Waals surface area contributed by atoms with Gasteiger partial charge >= 0.3 is 6.03 Å². The van der Waals surface area contributed by atoms with E-state index in [-0.39, 0.29) is 11.8 Å². The van der Waals surface area contributed by atoms with Crippen LogP contribution in [0.5, 0.6) is 0 Å². The van der Waals surface area contributed by atoms with Gasteiger partial charge in [0, 0.05) is 54.9 Å². The summed E-state index contributed by atoms with van der Waals surface area (Å²) in [6.45, 7) is 7.28. The van der Waals surface area contributed by atoms with Gasteiger partial charge in [-0.2, -0.15) is 0 Å². The minimum absolute atomic E-state index is 0.0595. The highest BCUT2D eigenvalue weighted by atomic mass is 16.2. The summed E-state index contributed by atoms with van der Waals surface area (Å²) in [6.07, 6.45) is 5.91. The van der Waals surface area contributed by atoms with Crippen molar-refractivity contribution in [3.05, 3.63) is 53.3 Å². The summed E-state index contributed by atoms with van der Waals surface area (Å²) >= 11 is 0. The molecule has 31 heavy (non-hydrogen) atoms. The Labute approximate surface area is 185 Å². The number of nitrogens with zero attached hydrogens (tertiary/aromatic N) is 3. The molecule has 1 N–H and O–H groups in total. The van der Waals surface area contributed by atoms with Gasteiger partial charge in [0.1, 0.15) is 0 Å². The number of urea groups is 1. The van der Waals surface area contributed by atoms with Crippen molar-refractivity contribution >= 4 is 11.8 Å². The first kappa shape index (κ1) is 21.6. The second kappa shape index (κ2) is 9.69. The lowest BCUT2D eigenvalue weighted by atomic mass is 9.96. The van der Waals surface area contributed by atoms with Crippen molar-refractivity contribution in [1.29, 1.82) is 0 Å². The first-order valence-electron chi connectivity index (χ1n) is 11.6. The van der Waals surface area contributed by atoms with Crippen molar-refractivity contribution in [2.24, 2.45) is 0 Å². The number of benzene rings is 1. The molecule has 1 aliphatic heterocycles.